The first-order valence-corrected chi connectivity index (χ1v) is 5.44. The van der Waals surface area contributed by atoms with Crippen molar-refractivity contribution in [1.29, 1.82) is 0 Å². The van der Waals surface area contributed by atoms with Crippen molar-refractivity contribution in [2.24, 2.45) is 0 Å². The number of carbonyl (C=O) groups excluding carboxylic acids is 1. The lowest BCUT2D eigenvalue weighted by molar-refractivity contribution is -0.132. The van der Waals surface area contributed by atoms with E-state index in [0.29, 0.717) is 13.1 Å². The van der Waals surface area contributed by atoms with E-state index in [-0.39, 0.29) is 25.6 Å². The van der Waals surface area contributed by atoms with Gasteiger partial charge in [-0.3, -0.25) is 9.69 Å². The summed E-state index contributed by atoms with van der Waals surface area (Å²) in [5.41, 5.74) is 0. The van der Waals surface area contributed by atoms with E-state index in [0.717, 1.165) is 0 Å². The minimum atomic E-state index is -2.49. The summed E-state index contributed by atoms with van der Waals surface area (Å²) in [5.74, 6) is -0.181. The molecule has 0 aromatic heterocycles. The van der Waals surface area contributed by atoms with Crippen molar-refractivity contribution in [2.75, 3.05) is 39.3 Å². The van der Waals surface area contributed by atoms with Crippen LogP contribution in [0.15, 0.2) is 0 Å². The van der Waals surface area contributed by atoms with Crippen molar-refractivity contribution in [2.45, 2.75) is 20.3 Å². The molecule has 0 aliphatic carbocycles. The molecule has 0 unspecified atom stereocenters. The number of alkyl halides is 2. The molecule has 0 atom stereocenters. The Kier molecular flexibility index (Phi) is 8.01. The molecule has 4 nitrogen and oxygen atoms in total. The smallest absolute Gasteiger partial charge is 0.251 e. The van der Waals surface area contributed by atoms with Gasteiger partial charge in [0.05, 0.1) is 19.7 Å². The Bertz CT molecular complexity index is 199. The largest absolute Gasteiger partial charge is 0.395 e. The van der Waals surface area contributed by atoms with Crippen LogP contribution in [0.4, 0.5) is 8.78 Å². The highest BCUT2D eigenvalue weighted by Gasteiger charge is 2.17. The molecule has 0 aliphatic rings. The normalized spacial score (nSPS) is 11.2. The maximum atomic E-state index is 12.2. The van der Waals surface area contributed by atoms with Gasteiger partial charge < -0.3 is 10.0 Å². The van der Waals surface area contributed by atoms with E-state index in [1.807, 2.05) is 13.8 Å². The third-order valence-electron chi connectivity index (χ3n) is 2.29. The van der Waals surface area contributed by atoms with Crippen LogP contribution in [0.1, 0.15) is 13.8 Å². The van der Waals surface area contributed by atoms with Gasteiger partial charge in [-0.05, 0) is 13.8 Å². The molecule has 1 N–H and O–H groups in total. The van der Waals surface area contributed by atoms with E-state index in [9.17, 15) is 13.6 Å². The molecule has 0 aliphatic heterocycles. The van der Waals surface area contributed by atoms with Gasteiger partial charge in [0.15, 0.2) is 0 Å². The quantitative estimate of drug-likeness (QED) is 0.666. The lowest BCUT2D eigenvalue weighted by Gasteiger charge is -2.25. The third kappa shape index (κ3) is 5.97. The van der Waals surface area contributed by atoms with Crippen LogP contribution in [0.3, 0.4) is 0 Å². The first kappa shape index (κ1) is 15.2. The lowest BCUT2D eigenvalue weighted by Crippen LogP contribution is -2.42. The van der Waals surface area contributed by atoms with E-state index in [2.05, 4.69) is 0 Å². The second kappa shape index (κ2) is 8.41. The predicted molar refractivity (Wildman–Crippen MR) is 57.5 cm³/mol. The van der Waals surface area contributed by atoms with Gasteiger partial charge in [0.25, 0.3) is 6.43 Å². The van der Waals surface area contributed by atoms with Crippen LogP contribution >= 0.6 is 0 Å². The molecule has 96 valence electrons. The minimum absolute atomic E-state index is 0.0629. The average Bonchev–Trinajstić information content (AvgIpc) is 2.18. The lowest BCUT2D eigenvalue weighted by atomic mass is 10.4. The van der Waals surface area contributed by atoms with Crippen LogP contribution in [0, 0.1) is 0 Å². The van der Waals surface area contributed by atoms with E-state index in [1.54, 1.807) is 4.90 Å². The molecular weight excluding hydrogens is 218 g/mol. The molecule has 0 heterocycles. The Balaban J connectivity index is 4.20. The van der Waals surface area contributed by atoms with Gasteiger partial charge in [-0.15, -0.1) is 0 Å². The van der Waals surface area contributed by atoms with Crippen LogP contribution in [0.2, 0.25) is 0 Å². The average molecular weight is 238 g/mol. The molecule has 0 fully saturated rings. The first-order valence-electron chi connectivity index (χ1n) is 5.44. The summed E-state index contributed by atoms with van der Waals surface area (Å²) in [6.07, 6.45) is -2.49. The van der Waals surface area contributed by atoms with E-state index in [4.69, 9.17) is 5.11 Å². The second-order valence-electron chi connectivity index (χ2n) is 3.42. The standard InChI is InChI=1S/C10H20F2N2O2/c1-3-14(4-2)10(16)8-13(5-6-15)7-9(11)12/h9,15H,3-8H2,1-2H3. The highest BCUT2D eigenvalue weighted by Crippen LogP contribution is 2.00. The van der Waals surface area contributed by atoms with Gasteiger partial charge in [0.2, 0.25) is 5.91 Å². The van der Waals surface area contributed by atoms with Crippen molar-refractivity contribution in [3.8, 4) is 0 Å². The summed E-state index contributed by atoms with van der Waals surface area (Å²) in [6, 6.07) is 0. The number of aliphatic hydroxyl groups excluding tert-OH is 1. The third-order valence-corrected chi connectivity index (χ3v) is 2.29. The molecule has 0 saturated heterocycles. The number of carbonyl (C=O) groups is 1. The Morgan fingerprint density at radius 1 is 1.31 bits per heavy atom. The SMILES string of the molecule is CCN(CC)C(=O)CN(CCO)CC(F)F. The number of nitrogens with zero attached hydrogens (tertiary/aromatic N) is 2. The first-order chi connectivity index (χ1) is 7.54. The Morgan fingerprint density at radius 2 is 1.88 bits per heavy atom. The Hall–Kier alpha value is -0.750. The number of halogens is 2. The van der Waals surface area contributed by atoms with E-state index < -0.39 is 13.0 Å². The van der Waals surface area contributed by atoms with Gasteiger partial charge in [-0.2, -0.15) is 0 Å². The molecule has 0 radical (unpaired) electrons. The summed E-state index contributed by atoms with van der Waals surface area (Å²) in [6.45, 7) is 4.14. The Labute approximate surface area is 94.8 Å². The molecule has 0 saturated carbocycles. The molecular formula is C10H20F2N2O2. The minimum Gasteiger partial charge on any atom is -0.395 e. The Morgan fingerprint density at radius 3 is 2.25 bits per heavy atom. The molecule has 0 aromatic carbocycles. The number of aliphatic hydroxyl groups is 1. The van der Waals surface area contributed by atoms with Crippen molar-refractivity contribution < 1.29 is 18.7 Å². The number of likely N-dealkylation sites (N-methyl/N-ethyl adjacent to an activating group) is 1. The van der Waals surface area contributed by atoms with Crippen molar-refractivity contribution in [3.05, 3.63) is 0 Å². The van der Waals surface area contributed by atoms with Crippen LogP contribution in [0.25, 0.3) is 0 Å². The molecule has 0 bridgehead atoms. The zero-order chi connectivity index (χ0) is 12.6. The van der Waals surface area contributed by atoms with Gasteiger partial charge in [0.1, 0.15) is 0 Å². The van der Waals surface area contributed by atoms with E-state index in [1.165, 1.54) is 4.90 Å². The van der Waals surface area contributed by atoms with Crippen LogP contribution in [0.5, 0.6) is 0 Å². The van der Waals surface area contributed by atoms with Crippen molar-refractivity contribution >= 4 is 5.91 Å². The van der Waals surface area contributed by atoms with Gasteiger partial charge in [-0.25, -0.2) is 8.78 Å². The number of hydrogen-bond donors (Lipinski definition) is 1. The topological polar surface area (TPSA) is 43.8 Å². The highest BCUT2D eigenvalue weighted by atomic mass is 19.3. The number of hydrogen-bond acceptors (Lipinski definition) is 3. The summed E-state index contributed by atoms with van der Waals surface area (Å²) < 4.78 is 24.4. The van der Waals surface area contributed by atoms with Crippen LogP contribution in [-0.4, -0.2) is 66.6 Å². The molecule has 6 heteroatoms. The van der Waals surface area contributed by atoms with Gasteiger partial charge in [0, 0.05) is 19.6 Å². The summed E-state index contributed by atoms with van der Waals surface area (Å²) >= 11 is 0. The fourth-order valence-corrected chi connectivity index (χ4v) is 1.44. The monoisotopic (exact) mass is 238 g/mol. The number of rotatable bonds is 8. The second-order valence-corrected chi connectivity index (χ2v) is 3.42. The van der Waals surface area contributed by atoms with Crippen LogP contribution in [-0.2, 0) is 4.79 Å². The molecule has 0 rings (SSSR count). The predicted octanol–water partition coefficient (Wildman–Crippen LogP) is 0.414. The maximum Gasteiger partial charge on any atom is 0.251 e. The maximum absolute atomic E-state index is 12.2. The molecule has 16 heavy (non-hydrogen) atoms. The summed E-state index contributed by atoms with van der Waals surface area (Å²) in [5, 5.41) is 8.70. The summed E-state index contributed by atoms with van der Waals surface area (Å²) in [4.78, 5) is 14.5. The fourth-order valence-electron chi connectivity index (χ4n) is 1.44. The zero-order valence-electron chi connectivity index (χ0n) is 9.83. The van der Waals surface area contributed by atoms with Crippen LogP contribution < -0.4 is 0 Å². The number of amides is 1. The van der Waals surface area contributed by atoms with Crippen molar-refractivity contribution in [1.82, 2.24) is 9.80 Å². The van der Waals surface area contributed by atoms with Gasteiger partial charge >= 0.3 is 0 Å². The molecule has 1 amide bonds. The van der Waals surface area contributed by atoms with Gasteiger partial charge in [-0.1, -0.05) is 0 Å². The van der Waals surface area contributed by atoms with E-state index >= 15 is 0 Å². The molecule has 0 aromatic rings. The fraction of sp³-hybridized carbons (Fsp3) is 0.900. The van der Waals surface area contributed by atoms with Crippen molar-refractivity contribution in [3.63, 3.8) is 0 Å². The molecule has 0 spiro atoms. The summed E-state index contributed by atoms with van der Waals surface area (Å²) in [7, 11) is 0. The highest BCUT2D eigenvalue weighted by molar-refractivity contribution is 5.78. The zero-order valence-corrected chi connectivity index (χ0v) is 9.83.